The van der Waals surface area contributed by atoms with Crippen LogP contribution >= 0.6 is 11.6 Å². The van der Waals surface area contributed by atoms with Gasteiger partial charge in [-0.05, 0) is 44.2 Å². The Balaban J connectivity index is 1.79. The van der Waals surface area contributed by atoms with Crippen LogP contribution < -0.4 is 9.91 Å². The summed E-state index contributed by atoms with van der Waals surface area (Å²) in [6, 6.07) is 12.9. The van der Waals surface area contributed by atoms with Crippen molar-refractivity contribution in [3.8, 4) is 0 Å². The number of imide groups is 1. The summed E-state index contributed by atoms with van der Waals surface area (Å²) in [5.74, 6) is -2.73. The largest absolute Gasteiger partial charge is 0.461 e. The Bertz CT molecular complexity index is 1030. The van der Waals surface area contributed by atoms with E-state index in [0.717, 1.165) is 10.5 Å². The minimum Gasteiger partial charge on any atom is -0.461 e. The maximum absolute atomic E-state index is 13.3. The molecular formula is C21H18ClN3O4. The number of benzene rings is 2. The Morgan fingerprint density at radius 2 is 1.83 bits per heavy atom. The van der Waals surface area contributed by atoms with Crippen LogP contribution in [0.5, 0.6) is 0 Å². The van der Waals surface area contributed by atoms with E-state index < -0.39 is 29.7 Å². The number of anilines is 2. The molecule has 0 N–H and O–H groups in total. The minimum atomic E-state index is -1.04. The summed E-state index contributed by atoms with van der Waals surface area (Å²) in [5, 5.41) is 6.15. The Morgan fingerprint density at radius 3 is 2.48 bits per heavy atom. The highest BCUT2D eigenvalue weighted by atomic mass is 35.5. The number of nitrogens with zero attached hydrogens (tertiary/aromatic N) is 3. The molecule has 2 aliphatic heterocycles. The molecule has 1 fully saturated rings. The molecule has 2 atom stereocenters. The van der Waals surface area contributed by atoms with Crippen LogP contribution in [0.2, 0.25) is 5.02 Å². The lowest BCUT2D eigenvalue weighted by atomic mass is 9.97. The van der Waals surface area contributed by atoms with E-state index >= 15 is 0 Å². The first kappa shape index (κ1) is 19.1. The zero-order valence-corrected chi connectivity index (χ0v) is 16.6. The summed E-state index contributed by atoms with van der Waals surface area (Å²) < 4.78 is 5.08. The summed E-state index contributed by atoms with van der Waals surface area (Å²) in [6.07, 6.45) is 0. The van der Waals surface area contributed by atoms with Crippen molar-refractivity contribution in [3.05, 3.63) is 59.1 Å². The van der Waals surface area contributed by atoms with E-state index in [0.29, 0.717) is 16.4 Å². The highest BCUT2D eigenvalue weighted by Crippen LogP contribution is 2.38. The molecule has 0 unspecified atom stereocenters. The number of ether oxygens (including phenoxy) is 1. The molecule has 0 saturated carbocycles. The van der Waals surface area contributed by atoms with Gasteiger partial charge >= 0.3 is 5.97 Å². The number of halogens is 1. The van der Waals surface area contributed by atoms with Gasteiger partial charge in [-0.2, -0.15) is 5.10 Å². The van der Waals surface area contributed by atoms with Crippen molar-refractivity contribution in [2.75, 3.05) is 16.5 Å². The molecule has 0 bridgehead atoms. The first-order valence-electron chi connectivity index (χ1n) is 9.17. The van der Waals surface area contributed by atoms with Gasteiger partial charge in [-0.3, -0.25) is 14.6 Å². The molecule has 0 aromatic heterocycles. The third-order valence-electron chi connectivity index (χ3n) is 4.90. The zero-order valence-electron chi connectivity index (χ0n) is 15.8. The molecule has 2 aromatic carbocycles. The summed E-state index contributed by atoms with van der Waals surface area (Å²) in [5.41, 5.74) is 1.93. The molecule has 2 heterocycles. The lowest BCUT2D eigenvalue weighted by molar-refractivity contribution is -0.136. The van der Waals surface area contributed by atoms with Crippen LogP contribution in [-0.2, 0) is 19.1 Å². The van der Waals surface area contributed by atoms with Gasteiger partial charge in [0.1, 0.15) is 12.0 Å². The smallest absolute Gasteiger partial charge is 0.355 e. The molecule has 0 spiro atoms. The minimum absolute atomic E-state index is 0.0692. The fourth-order valence-corrected chi connectivity index (χ4v) is 3.75. The van der Waals surface area contributed by atoms with Crippen LogP contribution in [0.1, 0.15) is 12.5 Å². The van der Waals surface area contributed by atoms with Gasteiger partial charge in [0.15, 0.2) is 5.71 Å². The van der Waals surface area contributed by atoms with Crippen molar-refractivity contribution in [1.82, 2.24) is 0 Å². The predicted octanol–water partition coefficient (Wildman–Crippen LogP) is 2.95. The number of aryl methyl sites for hydroxylation is 1. The van der Waals surface area contributed by atoms with Gasteiger partial charge in [-0.15, -0.1) is 0 Å². The molecule has 2 amide bonds. The molecule has 2 aromatic rings. The predicted molar refractivity (Wildman–Crippen MR) is 109 cm³/mol. The summed E-state index contributed by atoms with van der Waals surface area (Å²) >= 11 is 6.04. The van der Waals surface area contributed by atoms with E-state index in [1.54, 1.807) is 37.3 Å². The van der Waals surface area contributed by atoms with E-state index in [9.17, 15) is 14.4 Å². The normalized spacial score (nSPS) is 20.7. The second-order valence-corrected chi connectivity index (χ2v) is 7.24. The van der Waals surface area contributed by atoms with Gasteiger partial charge in [0, 0.05) is 5.02 Å². The number of carbonyl (C=O) groups excluding carboxylic acids is 3. The fourth-order valence-electron chi connectivity index (χ4n) is 3.57. The van der Waals surface area contributed by atoms with Gasteiger partial charge < -0.3 is 4.74 Å². The first-order valence-corrected chi connectivity index (χ1v) is 9.55. The van der Waals surface area contributed by atoms with E-state index in [2.05, 4.69) is 5.10 Å². The lowest BCUT2D eigenvalue weighted by Gasteiger charge is -2.22. The molecular weight excluding hydrogens is 394 g/mol. The zero-order chi connectivity index (χ0) is 20.7. The number of hydrogen-bond donors (Lipinski definition) is 0. The summed E-state index contributed by atoms with van der Waals surface area (Å²) in [6.45, 7) is 3.75. The van der Waals surface area contributed by atoms with Crippen LogP contribution in [-0.4, -0.2) is 36.1 Å². The Morgan fingerprint density at radius 1 is 1.10 bits per heavy atom. The van der Waals surface area contributed by atoms with E-state index in [1.807, 2.05) is 19.1 Å². The highest BCUT2D eigenvalue weighted by Gasteiger charge is 2.59. The molecule has 29 heavy (non-hydrogen) atoms. The van der Waals surface area contributed by atoms with Crippen LogP contribution in [0.3, 0.4) is 0 Å². The number of amides is 2. The van der Waals surface area contributed by atoms with Crippen LogP contribution in [0.15, 0.2) is 53.6 Å². The maximum atomic E-state index is 13.3. The molecule has 0 aliphatic carbocycles. The van der Waals surface area contributed by atoms with E-state index in [-0.39, 0.29) is 12.3 Å². The number of fused-ring (bicyclic) bond motifs is 1. The van der Waals surface area contributed by atoms with Gasteiger partial charge in [-0.1, -0.05) is 35.4 Å². The number of hydrogen-bond acceptors (Lipinski definition) is 6. The van der Waals surface area contributed by atoms with Gasteiger partial charge in [0.25, 0.3) is 5.91 Å². The van der Waals surface area contributed by atoms with Gasteiger partial charge in [-0.25, -0.2) is 9.69 Å². The highest BCUT2D eigenvalue weighted by molar-refractivity contribution is 6.47. The molecule has 1 saturated heterocycles. The second-order valence-electron chi connectivity index (χ2n) is 6.80. The Hall–Kier alpha value is -3.19. The van der Waals surface area contributed by atoms with Crippen molar-refractivity contribution < 1.29 is 19.1 Å². The average molecular weight is 412 g/mol. The van der Waals surface area contributed by atoms with Gasteiger partial charge in [0.2, 0.25) is 5.91 Å². The average Bonchev–Trinajstić information content (AvgIpc) is 3.20. The lowest BCUT2D eigenvalue weighted by Crippen LogP contribution is -2.39. The van der Waals surface area contributed by atoms with Crippen molar-refractivity contribution >= 4 is 46.5 Å². The summed E-state index contributed by atoms with van der Waals surface area (Å²) in [7, 11) is 0. The molecule has 148 valence electrons. The molecule has 4 rings (SSSR count). The number of carbonyl (C=O) groups is 3. The molecule has 0 radical (unpaired) electrons. The first-order chi connectivity index (χ1) is 13.9. The van der Waals surface area contributed by atoms with Crippen molar-refractivity contribution in [1.29, 1.82) is 0 Å². The summed E-state index contributed by atoms with van der Waals surface area (Å²) in [4.78, 5) is 40.0. The number of rotatable bonds is 4. The van der Waals surface area contributed by atoms with Crippen LogP contribution in [0.25, 0.3) is 0 Å². The topological polar surface area (TPSA) is 79.3 Å². The quantitative estimate of drug-likeness (QED) is 0.571. The number of hydrazone groups is 1. The van der Waals surface area contributed by atoms with Crippen molar-refractivity contribution in [3.63, 3.8) is 0 Å². The van der Waals surface area contributed by atoms with Crippen LogP contribution in [0.4, 0.5) is 11.4 Å². The van der Waals surface area contributed by atoms with E-state index in [1.165, 1.54) is 11.1 Å². The Labute approximate surface area is 172 Å². The maximum Gasteiger partial charge on any atom is 0.355 e. The van der Waals surface area contributed by atoms with Crippen molar-refractivity contribution in [2.24, 2.45) is 11.0 Å². The van der Waals surface area contributed by atoms with Gasteiger partial charge in [0.05, 0.1) is 18.0 Å². The molecule has 8 heteroatoms. The fraction of sp³-hybridized carbons (Fsp3) is 0.238. The molecule has 2 aliphatic rings. The Kier molecular flexibility index (Phi) is 4.84. The standard InChI is InChI=1S/C21H18ClN3O4/c1-3-29-21(28)17-16-18(25(23-17)14-9-7-12(2)8-10-14)20(27)24(19(16)26)15-6-4-5-13(22)11-15/h4-11,16,18H,3H2,1-2H3/t16-,18+/m0/s1. The monoisotopic (exact) mass is 411 g/mol. The third-order valence-corrected chi connectivity index (χ3v) is 5.13. The number of esters is 1. The molecule has 7 nitrogen and oxygen atoms in total. The van der Waals surface area contributed by atoms with Crippen molar-refractivity contribution in [2.45, 2.75) is 19.9 Å². The second kappa shape index (κ2) is 7.33. The van der Waals surface area contributed by atoms with E-state index in [4.69, 9.17) is 16.3 Å². The van der Waals surface area contributed by atoms with Crippen LogP contribution in [0, 0.1) is 12.8 Å². The SMILES string of the molecule is CCOC(=O)C1=NN(c2ccc(C)cc2)[C@H]2C(=O)N(c3cccc(Cl)c3)C(=O)[C@@H]12. The third kappa shape index (κ3) is 3.17.